The largest absolute Gasteiger partial charge is 0.495 e. The zero-order chi connectivity index (χ0) is 15.7. The van der Waals surface area contributed by atoms with E-state index in [4.69, 9.17) is 26.8 Å². The number of hydrogen-bond acceptors (Lipinski definition) is 6. The molecule has 0 aliphatic heterocycles. The molecule has 0 spiro atoms. The molecular formula is C14H14ClN5O2. The Bertz CT molecular complexity index is 833. The van der Waals surface area contributed by atoms with E-state index in [1.807, 2.05) is 12.1 Å². The van der Waals surface area contributed by atoms with Crippen molar-refractivity contribution in [3.63, 3.8) is 0 Å². The van der Waals surface area contributed by atoms with Crippen LogP contribution in [-0.4, -0.2) is 28.8 Å². The third kappa shape index (κ3) is 2.35. The highest BCUT2D eigenvalue weighted by Gasteiger charge is 2.14. The van der Waals surface area contributed by atoms with Crippen LogP contribution in [0, 0.1) is 0 Å². The number of nitrogen functional groups attached to an aromatic ring is 1. The lowest BCUT2D eigenvalue weighted by molar-refractivity contribution is 0.411. The lowest BCUT2D eigenvalue weighted by Crippen LogP contribution is -2.00. The maximum Gasteiger partial charge on any atom is 0.173 e. The second kappa shape index (κ2) is 5.61. The van der Waals surface area contributed by atoms with E-state index in [0.29, 0.717) is 33.8 Å². The van der Waals surface area contributed by atoms with Gasteiger partial charge in [-0.25, -0.2) is 9.50 Å². The molecule has 3 rings (SSSR count). The summed E-state index contributed by atoms with van der Waals surface area (Å²) >= 11 is 6.28. The molecule has 22 heavy (non-hydrogen) atoms. The number of hydrogen-bond donors (Lipinski definition) is 2. The number of pyridine rings is 2. The number of aromatic nitrogens is 3. The molecule has 3 aromatic heterocycles. The number of nitrogens with one attached hydrogen (secondary N) is 1. The second-order valence-corrected chi connectivity index (χ2v) is 4.83. The van der Waals surface area contributed by atoms with E-state index in [1.165, 1.54) is 6.20 Å². The molecule has 0 aliphatic rings. The molecule has 0 atom stereocenters. The highest BCUT2D eigenvalue weighted by Crippen LogP contribution is 2.38. The molecule has 0 saturated carbocycles. The Hall–Kier alpha value is -2.67. The average molecular weight is 320 g/mol. The van der Waals surface area contributed by atoms with E-state index in [2.05, 4.69) is 15.4 Å². The van der Waals surface area contributed by atoms with E-state index in [0.717, 1.165) is 5.52 Å². The molecule has 0 bridgehead atoms. The van der Waals surface area contributed by atoms with E-state index in [1.54, 1.807) is 31.1 Å². The van der Waals surface area contributed by atoms with Crippen LogP contribution in [0.25, 0.3) is 5.52 Å². The van der Waals surface area contributed by atoms with Crippen LogP contribution in [-0.2, 0) is 0 Å². The van der Waals surface area contributed by atoms with Crippen LogP contribution in [0.2, 0.25) is 5.02 Å². The number of rotatable bonds is 4. The summed E-state index contributed by atoms with van der Waals surface area (Å²) in [6.45, 7) is 0. The Morgan fingerprint density at radius 1 is 1.27 bits per heavy atom. The summed E-state index contributed by atoms with van der Waals surface area (Å²) in [4.78, 5) is 4.06. The fourth-order valence-electron chi connectivity index (χ4n) is 2.05. The molecule has 114 valence electrons. The Kier molecular flexibility index (Phi) is 3.64. The van der Waals surface area contributed by atoms with Crippen LogP contribution in [0.3, 0.4) is 0 Å². The van der Waals surface area contributed by atoms with Crippen molar-refractivity contribution in [2.24, 2.45) is 0 Å². The first-order valence-corrected chi connectivity index (χ1v) is 6.82. The molecule has 0 amide bonds. The molecule has 0 radical (unpaired) electrons. The molecule has 8 heteroatoms. The van der Waals surface area contributed by atoms with Crippen LogP contribution < -0.4 is 20.5 Å². The van der Waals surface area contributed by atoms with Crippen molar-refractivity contribution in [1.29, 1.82) is 0 Å². The first kappa shape index (κ1) is 14.3. The van der Waals surface area contributed by atoms with Gasteiger partial charge in [-0.1, -0.05) is 11.6 Å². The van der Waals surface area contributed by atoms with Crippen LogP contribution in [0.15, 0.2) is 30.7 Å². The summed E-state index contributed by atoms with van der Waals surface area (Å²) in [5.74, 6) is 1.96. The van der Waals surface area contributed by atoms with Gasteiger partial charge in [-0.15, -0.1) is 0 Å². The van der Waals surface area contributed by atoms with Gasteiger partial charge in [0.15, 0.2) is 11.5 Å². The summed E-state index contributed by atoms with van der Waals surface area (Å²) in [6.07, 6.45) is 4.83. The lowest BCUT2D eigenvalue weighted by Gasteiger charge is -2.11. The third-order valence-corrected chi connectivity index (χ3v) is 3.55. The van der Waals surface area contributed by atoms with Crippen molar-refractivity contribution < 1.29 is 9.47 Å². The molecule has 3 aromatic rings. The Balaban J connectivity index is 2.00. The first-order chi connectivity index (χ1) is 10.6. The number of nitrogens with two attached hydrogens (primary N) is 1. The highest BCUT2D eigenvalue weighted by molar-refractivity contribution is 6.35. The number of fused-ring (bicyclic) bond motifs is 1. The fourth-order valence-corrected chi connectivity index (χ4v) is 2.33. The number of anilines is 2. The molecule has 0 aromatic carbocycles. The summed E-state index contributed by atoms with van der Waals surface area (Å²) in [7, 11) is 3.31. The first-order valence-electron chi connectivity index (χ1n) is 6.45. The van der Waals surface area contributed by atoms with Gasteiger partial charge >= 0.3 is 0 Å². The maximum absolute atomic E-state index is 6.28. The Morgan fingerprint density at radius 3 is 2.82 bits per heavy atom. The highest BCUT2D eigenvalue weighted by atomic mass is 35.5. The fraction of sp³-hybridized carbons (Fsp3) is 0.143. The molecular weight excluding hydrogens is 306 g/mol. The lowest BCUT2D eigenvalue weighted by atomic mass is 10.3. The smallest absolute Gasteiger partial charge is 0.173 e. The third-order valence-electron chi connectivity index (χ3n) is 3.17. The number of methoxy groups -OCH3 is 1. The SMILES string of the molecule is CNc1c(N)ncc(Oc2cnn3cc(OC)ccc23)c1Cl. The van der Waals surface area contributed by atoms with Gasteiger partial charge in [0.2, 0.25) is 0 Å². The summed E-state index contributed by atoms with van der Waals surface area (Å²) < 4.78 is 12.6. The number of nitrogens with zero attached hydrogens (tertiary/aromatic N) is 3. The van der Waals surface area contributed by atoms with Gasteiger partial charge in [0, 0.05) is 7.05 Å². The minimum absolute atomic E-state index is 0.310. The molecule has 0 unspecified atom stereocenters. The Morgan fingerprint density at radius 2 is 2.09 bits per heavy atom. The van der Waals surface area contributed by atoms with Crippen LogP contribution in [0.4, 0.5) is 11.5 Å². The topological polar surface area (TPSA) is 86.7 Å². The molecule has 0 aliphatic carbocycles. The van der Waals surface area contributed by atoms with Gasteiger partial charge < -0.3 is 20.5 Å². The zero-order valence-electron chi connectivity index (χ0n) is 12.0. The van der Waals surface area contributed by atoms with E-state index < -0.39 is 0 Å². The predicted molar refractivity (Wildman–Crippen MR) is 85.0 cm³/mol. The summed E-state index contributed by atoms with van der Waals surface area (Å²) in [6, 6.07) is 3.67. The van der Waals surface area contributed by atoms with Gasteiger partial charge in [0.25, 0.3) is 0 Å². The minimum Gasteiger partial charge on any atom is -0.495 e. The molecule has 3 N–H and O–H groups in total. The Labute approximate surface area is 131 Å². The van der Waals surface area contributed by atoms with Crippen molar-refractivity contribution >= 4 is 28.6 Å². The maximum atomic E-state index is 6.28. The van der Waals surface area contributed by atoms with Crippen LogP contribution >= 0.6 is 11.6 Å². The van der Waals surface area contributed by atoms with E-state index in [-0.39, 0.29) is 0 Å². The standard InChI is InChI=1S/C14H14ClN5O2/c1-17-13-12(15)11(5-18-14(13)16)22-10-6-19-20-7-8(21-2)3-4-9(10)20/h3-7,17H,1-2H3,(H2,16,18). The van der Waals surface area contributed by atoms with Crippen LogP contribution in [0.1, 0.15) is 0 Å². The van der Waals surface area contributed by atoms with E-state index >= 15 is 0 Å². The van der Waals surface area contributed by atoms with Crippen molar-refractivity contribution in [3.8, 4) is 17.2 Å². The van der Waals surface area contributed by atoms with Gasteiger partial charge in [-0.05, 0) is 12.1 Å². The average Bonchev–Trinajstić information content (AvgIpc) is 2.92. The number of ether oxygens (including phenoxy) is 2. The summed E-state index contributed by atoms with van der Waals surface area (Å²) in [5, 5.41) is 7.48. The van der Waals surface area contributed by atoms with Crippen molar-refractivity contribution in [2.75, 3.05) is 25.2 Å². The van der Waals surface area contributed by atoms with Crippen LogP contribution in [0.5, 0.6) is 17.2 Å². The molecule has 7 nitrogen and oxygen atoms in total. The molecule has 0 fully saturated rings. The minimum atomic E-state index is 0.310. The van der Waals surface area contributed by atoms with Crippen molar-refractivity contribution in [1.82, 2.24) is 14.6 Å². The monoisotopic (exact) mass is 319 g/mol. The summed E-state index contributed by atoms with van der Waals surface area (Å²) in [5.41, 5.74) is 7.06. The van der Waals surface area contributed by atoms with E-state index in [9.17, 15) is 0 Å². The normalized spacial score (nSPS) is 10.7. The number of halogens is 1. The zero-order valence-corrected chi connectivity index (χ0v) is 12.8. The quantitative estimate of drug-likeness (QED) is 0.769. The van der Waals surface area contributed by atoms with Crippen molar-refractivity contribution in [2.45, 2.75) is 0 Å². The van der Waals surface area contributed by atoms with Gasteiger partial charge in [-0.3, -0.25) is 0 Å². The van der Waals surface area contributed by atoms with Gasteiger partial charge in [0.1, 0.15) is 22.1 Å². The predicted octanol–water partition coefficient (Wildman–Crippen LogP) is 2.81. The van der Waals surface area contributed by atoms with Gasteiger partial charge in [-0.2, -0.15) is 5.10 Å². The molecule has 0 saturated heterocycles. The van der Waals surface area contributed by atoms with Gasteiger partial charge in [0.05, 0.1) is 31.4 Å². The van der Waals surface area contributed by atoms with Crippen molar-refractivity contribution in [3.05, 3.63) is 35.7 Å². The molecule has 3 heterocycles. The second-order valence-electron chi connectivity index (χ2n) is 4.46.